The van der Waals surface area contributed by atoms with Crippen LogP contribution in [0, 0.1) is 22.0 Å². The number of hydrogen-bond donors (Lipinski definition) is 0. The Bertz CT molecular complexity index is 720. The number of nitrogens with zero attached hydrogens (tertiary/aromatic N) is 2. The summed E-state index contributed by atoms with van der Waals surface area (Å²) in [4.78, 5) is 23.3. The molecule has 1 aliphatic rings. The van der Waals surface area contributed by atoms with Gasteiger partial charge >= 0.3 is 12.4 Å². The van der Waals surface area contributed by atoms with Crippen molar-refractivity contribution in [1.29, 1.82) is 0 Å². The van der Waals surface area contributed by atoms with Crippen molar-refractivity contribution >= 4 is 11.6 Å². The van der Waals surface area contributed by atoms with Crippen molar-refractivity contribution in [3.05, 3.63) is 39.9 Å². The molecule has 2 atom stereocenters. The predicted molar refractivity (Wildman–Crippen MR) is 86.1 cm³/mol. The second-order valence-electron chi connectivity index (χ2n) is 6.80. The number of nitro benzene ring substituents is 1. The average molecular weight is 412 g/mol. The van der Waals surface area contributed by atoms with Crippen LogP contribution in [0.25, 0.3) is 0 Å². The molecule has 0 spiro atoms. The summed E-state index contributed by atoms with van der Waals surface area (Å²) in [5, 5.41) is 11.1. The van der Waals surface area contributed by atoms with Crippen molar-refractivity contribution in [3.8, 4) is 0 Å². The number of rotatable bonds is 5. The molecular weight excluding hydrogens is 394 g/mol. The number of alkyl halides is 6. The highest BCUT2D eigenvalue weighted by Crippen LogP contribution is 2.41. The monoisotopic (exact) mass is 412 g/mol. The molecule has 0 aliphatic heterocycles. The summed E-state index contributed by atoms with van der Waals surface area (Å²) in [6.07, 6.45) is -9.93. The Labute approximate surface area is 156 Å². The quantitative estimate of drug-likeness (QED) is 0.394. The molecule has 1 aromatic rings. The molecule has 0 N–H and O–H groups in total. The minimum absolute atomic E-state index is 0.0522. The van der Waals surface area contributed by atoms with E-state index in [2.05, 4.69) is 0 Å². The maximum Gasteiger partial charge on any atom is 0.406 e. The third-order valence-electron chi connectivity index (χ3n) is 4.72. The second kappa shape index (κ2) is 8.36. The normalized spacial score (nSPS) is 20.6. The summed E-state index contributed by atoms with van der Waals surface area (Å²) >= 11 is 0. The first kappa shape index (κ1) is 22.0. The molecule has 1 aliphatic carbocycles. The van der Waals surface area contributed by atoms with Crippen LogP contribution in [0.2, 0.25) is 0 Å². The summed E-state index contributed by atoms with van der Waals surface area (Å²) in [6.45, 7) is -2.40. The molecule has 0 radical (unpaired) electrons. The first-order valence-electron chi connectivity index (χ1n) is 8.53. The molecule has 2 unspecified atom stereocenters. The predicted octanol–water partition coefficient (Wildman–Crippen LogP) is 4.85. The van der Waals surface area contributed by atoms with Gasteiger partial charge in [-0.15, -0.1) is 0 Å². The highest BCUT2D eigenvalue weighted by Gasteiger charge is 2.45. The zero-order valence-electron chi connectivity index (χ0n) is 14.6. The summed E-state index contributed by atoms with van der Waals surface area (Å²) in [6, 6.07) is 5.01. The van der Waals surface area contributed by atoms with Crippen molar-refractivity contribution in [2.24, 2.45) is 11.8 Å². The maximum atomic E-state index is 13.0. The van der Waals surface area contributed by atoms with E-state index in [1.54, 1.807) is 0 Å². The number of carbonyl (C=O) groups excluding carboxylic acids is 1. The minimum atomic E-state index is -4.79. The lowest BCUT2D eigenvalue weighted by molar-refractivity contribution is -0.385. The standard InChI is InChI=1S/C17H18F6N2O3/c18-16(19,20)10-24(9-12-4-1-2-7-14(12)25(27)28)15(26)11-5-3-6-13(8-11)17(21,22)23/h1-2,4,7,11,13H,3,5-6,8-10H2. The lowest BCUT2D eigenvalue weighted by atomic mass is 9.80. The Balaban J connectivity index is 2.26. The molecule has 0 heterocycles. The molecule has 1 saturated carbocycles. The van der Waals surface area contributed by atoms with E-state index < -0.39 is 60.2 Å². The summed E-state index contributed by atoms with van der Waals surface area (Å²) in [5.41, 5.74) is -0.576. The van der Waals surface area contributed by atoms with Gasteiger partial charge in [-0.1, -0.05) is 24.6 Å². The van der Waals surface area contributed by atoms with Gasteiger partial charge in [-0.3, -0.25) is 14.9 Å². The van der Waals surface area contributed by atoms with Crippen LogP contribution in [0.4, 0.5) is 32.0 Å². The molecule has 1 aromatic carbocycles. The topological polar surface area (TPSA) is 63.5 Å². The molecular formula is C17H18F6N2O3. The summed E-state index contributed by atoms with van der Waals surface area (Å²) in [5.74, 6) is -4.01. The van der Waals surface area contributed by atoms with Gasteiger partial charge in [0, 0.05) is 17.5 Å². The van der Waals surface area contributed by atoms with Crippen molar-refractivity contribution in [2.45, 2.75) is 44.6 Å². The second-order valence-corrected chi connectivity index (χ2v) is 6.80. The van der Waals surface area contributed by atoms with E-state index in [-0.39, 0.29) is 24.8 Å². The van der Waals surface area contributed by atoms with E-state index in [0.29, 0.717) is 4.90 Å². The molecule has 1 fully saturated rings. The lowest BCUT2D eigenvalue weighted by Crippen LogP contribution is -2.44. The Morgan fingerprint density at radius 3 is 2.36 bits per heavy atom. The molecule has 0 aromatic heterocycles. The zero-order valence-corrected chi connectivity index (χ0v) is 14.6. The van der Waals surface area contributed by atoms with Crippen molar-refractivity contribution in [3.63, 3.8) is 0 Å². The van der Waals surface area contributed by atoms with Crippen LogP contribution >= 0.6 is 0 Å². The van der Waals surface area contributed by atoms with E-state index in [9.17, 15) is 41.3 Å². The number of halogens is 6. The molecule has 0 saturated heterocycles. The largest absolute Gasteiger partial charge is 0.406 e. The molecule has 5 nitrogen and oxygen atoms in total. The number of carbonyl (C=O) groups is 1. The number of benzene rings is 1. The molecule has 156 valence electrons. The van der Waals surface area contributed by atoms with Gasteiger partial charge in [-0.25, -0.2) is 0 Å². The first-order chi connectivity index (χ1) is 12.9. The van der Waals surface area contributed by atoms with Crippen LogP contribution < -0.4 is 0 Å². The van der Waals surface area contributed by atoms with Crippen LogP contribution in [-0.2, 0) is 11.3 Å². The van der Waals surface area contributed by atoms with E-state index in [1.165, 1.54) is 18.2 Å². The van der Waals surface area contributed by atoms with Crippen LogP contribution in [0.5, 0.6) is 0 Å². The Kier molecular flexibility index (Phi) is 6.56. The van der Waals surface area contributed by atoms with E-state index >= 15 is 0 Å². The van der Waals surface area contributed by atoms with E-state index in [0.717, 1.165) is 6.07 Å². The molecule has 0 bridgehead atoms. The van der Waals surface area contributed by atoms with Crippen LogP contribution in [0.1, 0.15) is 31.2 Å². The smallest absolute Gasteiger partial charge is 0.329 e. The van der Waals surface area contributed by atoms with Gasteiger partial charge in [-0.2, -0.15) is 26.3 Å². The highest BCUT2D eigenvalue weighted by molar-refractivity contribution is 5.79. The SMILES string of the molecule is O=C(C1CCCC(C(F)(F)F)C1)N(Cc1ccccc1[N+](=O)[O-])CC(F)(F)F. The highest BCUT2D eigenvalue weighted by atomic mass is 19.4. The number of hydrogen-bond acceptors (Lipinski definition) is 3. The fraction of sp³-hybridized carbons (Fsp3) is 0.588. The number of amides is 1. The van der Waals surface area contributed by atoms with Gasteiger partial charge in [0.15, 0.2) is 0 Å². The van der Waals surface area contributed by atoms with Gasteiger partial charge in [0.25, 0.3) is 5.69 Å². The molecule has 1 amide bonds. The van der Waals surface area contributed by atoms with Crippen LogP contribution in [-0.4, -0.2) is 34.6 Å². The van der Waals surface area contributed by atoms with Gasteiger partial charge in [-0.05, 0) is 19.3 Å². The Hall–Kier alpha value is -2.33. The van der Waals surface area contributed by atoms with Crippen LogP contribution in [0.15, 0.2) is 24.3 Å². The number of nitro groups is 1. The van der Waals surface area contributed by atoms with Crippen LogP contribution in [0.3, 0.4) is 0 Å². The summed E-state index contributed by atoms with van der Waals surface area (Å²) < 4.78 is 77.7. The lowest BCUT2D eigenvalue weighted by Gasteiger charge is -2.33. The van der Waals surface area contributed by atoms with E-state index in [4.69, 9.17) is 0 Å². The van der Waals surface area contributed by atoms with Crippen molar-refractivity contribution in [2.75, 3.05) is 6.54 Å². The molecule has 11 heteroatoms. The van der Waals surface area contributed by atoms with Gasteiger partial charge in [0.05, 0.1) is 17.4 Å². The fourth-order valence-electron chi connectivity index (χ4n) is 3.43. The van der Waals surface area contributed by atoms with Gasteiger partial charge in [0.2, 0.25) is 5.91 Å². The van der Waals surface area contributed by atoms with Crippen molar-refractivity contribution < 1.29 is 36.1 Å². The third-order valence-corrected chi connectivity index (χ3v) is 4.72. The van der Waals surface area contributed by atoms with Gasteiger partial charge < -0.3 is 4.90 Å². The Morgan fingerprint density at radius 1 is 1.14 bits per heavy atom. The molecule has 28 heavy (non-hydrogen) atoms. The van der Waals surface area contributed by atoms with Gasteiger partial charge in [0.1, 0.15) is 6.54 Å². The minimum Gasteiger partial charge on any atom is -0.329 e. The van der Waals surface area contributed by atoms with E-state index in [1.807, 2.05) is 0 Å². The average Bonchev–Trinajstić information content (AvgIpc) is 2.59. The first-order valence-corrected chi connectivity index (χ1v) is 8.53. The Morgan fingerprint density at radius 2 is 1.79 bits per heavy atom. The number of para-hydroxylation sites is 1. The zero-order chi connectivity index (χ0) is 21.1. The molecule has 2 rings (SSSR count). The summed E-state index contributed by atoms with van der Waals surface area (Å²) in [7, 11) is 0. The maximum absolute atomic E-state index is 13.0. The van der Waals surface area contributed by atoms with Crippen molar-refractivity contribution in [1.82, 2.24) is 4.90 Å². The third kappa shape index (κ3) is 5.83. The fourth-order valence-corrected chi connectivity index (χ4v) is 3.43.